The Balaban J connectivity index is 1.69. The first kappa shape index (κ1) is 18.3. The van der Waals surface area contributed by atoms with Crippen LogP contribution in [0, 0.1) is 13.8 Å². The molecule has 1 saturated heterocycles. The monoisotopic (exact) mass is 354 g/mol. The molecule has 6 nitrogen and oxygen atoms in total. The van der Waals surface area contributed by atoms with Gasteiger partial charge in [-0.2, -0.15) is 0 Å². The number of aromatic nitrogens is 3. The maximum Gasteiger partial charge on any atom is 0.254 e. The van der Waals surface area contributed by atoms with Crippen molar-refractivity contribution >= 4 is 5.91 Å². The summed E-state index contributed by atoms with van der Waals surface area (Å²) in [7, 11) is 0. The van der Waals surface area contributed by atoms with Gasteiger partial charge in [-0.3, -0.25) is 14.6 Å². The minimum atomic E-state index is -0.203. The number of nitrogens with zero attached hydrogens (tertiary/aromatic N) is 3. The van der Waals surface area contributed by atoms with Crippen LogP contribution in [0.1, 0.15) is 48.5 Å². The van der Waals surface area contributed by atoms with Crippen molar-refractivity contribution in [3.63, 3.8) is 0 Å². The molecule has 1 unspecified atom stereocenters. The first-order chi connectivity index (χ1) is 12.5. The van der Waals surface area contributed by atoms with Crippen molar-refractivity contribution in [1.82, 2.24) is 19.9 Å². The first-order valence-electron chi connectivity index (χ1n) is 9.30. The number of carbonyl (C=O) groups is 1. The molecule has 1 amide bonds. The van der Waals surface area contributed by atoms with E-state index in [1.54, 1.807) is 20.0 Å². The topological polar surface area (TPSA) is 79.0 Å². The van der Waals surface area contributed by atoms with Crippen molar-refractivity contribution in [2.24, 2.45) is 0 Å². The van der Waals surface area contributed by atoms with Crippen LogP contribution in [0.5, 0.6) is 0 Å². The van der Waals surface area contributed by atoms with E-state index in [9.17, 15) is 9.59 Å². The van der Waals surface area contributed by atoms with Gasteiger partial charge in [0.25, 0.3) is 5.56 Å². The average molecular weight is 354 g/mol. The Bertz CT molecular complexity index is 816. The molecule has 1 N–H and O–H groups in total. The van der Waals surface area contributed by atoms with Crippen molar-refractivity contribution in [2.45, 2.75) is 58.4 Å². The minimum absolute atomic E-state index is 0.0231. The van der Waals surface area contributed by atoms with E-state index in [2.05, 4.69) is 15.0 Å². The predicted octanol–water partition coefficient (Wildman–Crippen LogP) is 2.34. The number of aromatic amines is 1. The molecule has 138 valence electrons. The zero-order valence-corrected chi connectivity index (χ0v) is 15.5. The van der Waals surface area contributed by atoms with E-state index in [1.807, 2.05) is 23.1 Å². The maximum atomic E-state index is 12.9. The normalized spacial score (nSPS) is 17.3. The second-order valence-corrected chi connectivity index (χ2v) is 6.99. The van der Waals surface area contributed by atoms with E-state index in [-0.39, 0.29) is 23.9 Å². The van der Waals surface area contributed by atoms with E-state index in [0.717, 1.165) is 44.3 Å². The molecule has 1 fully saturated rings. The lowest BCUT2D eigenvalue weighted by molar-refractivity contribution is -0.134. The fraction of sp³-hybridized carbons (Fsp3) is 0.500. The van der Waals surface area contributed by atoms with Crippen LogP contribution in [0.15, 0.2) is 29.2 Å². The first-order valence-corrected chi connectivity index (χ1v) is 9.30. The molecule has 1 atom stereocenters. The number of pyridine rings is 1. The number of nitrogens with one attached hydrogen (secondary N) is 1. The van der Waals surface area contributed by atoms with Crippen molar-refractivity contribution in [3.05, 3.63) is 57.5 Å². The van der Waals surface area contributed by atoms with Crippen LogP contribution in [-0.4, -0.2) is 38.3 Å². The molecule has 2 aromatic rings. The lowest BCUT2D eigenvalue weighted by Crippen LogP contribution is -2.45. The highest BCUT2D eigenvalue weighted by molar-refractivity contribution is 5.79. The Morgan fingerprint density at radius 1 is 1.31 bits per heavy atom. The smallest absolute Gasteiger partial charge is 0.254 e. The number of hydrogen-bond acceptors (Lipinski definition) is 4. The van der Waals surface area contributed by atoms with Gasteiger partial charge in [0.1, 0.15) is 5.82 Å². The van der Waals surface area contributed by atoms with Crippen LogP contribution in [0.4, 0.5) is 0 Å². The molecule has 0 spiro atoms. The molecule has 3 rings (SSSR count). The largest absolute Gasteiger partial charge is 0.339 e. The van der Waals surface area contributed by atoms with Crippen molar-refractivity contribution in [3.8, 4) is 0 Å². The summed E-state index contributed by atoms with van der Waals surface area (Å²) >= 11 is 0. The summed E-state index contributed by atoms with van der Waals surface area (Å²) in [5.41, 5.74) is 1.97. The SMILES string of the molecule is Cc1nc(C)c(CC(=O)N2CCCCC2CCc2ccccn2)c(=O)[nH]1. The highest BCUT2D eigenvalue weighted by Crippen LogP contribution is 2.22. The third kappa shape index (κ3) is 4.36. The Kier molecular flexibility index (Phi) is 5.81. The van der Waals surface area contributed by atoms with Gasteiger partial charge in [-0.1, -0.05) is 6.07 Å². The van der Waals surface area contributed by atoms with Gasteiger partial charge in [-0.25, -0.2) is 4.98 Å². The van der Waals surface area contributed by atoms with E-state index in [4.69, 9.17) is 0 Å². The molecular weight excluding hydrogens is 328 g/mol. The van der Waals surface area contributed by atoms with Gasteiger partial charge in [-0.05, 0) is 58.1 Å². The molecule has 3 heterocycles. The van der Waals surface area contributed by atoms with Gasteiger partial charge in [0.15, 0.2) is 0 Å². The summed E-state index contributed by atoms with van der Waals surface area (Å²) in [5, 5.41) is 0. The summed E-state index contributed by atoms with van der Waals surface area (Å²) in [6.45, 7) is 4.31. The average Bonchev–Trinajstić information content (AvgIpc) is 2.64. The standard InChI is InChI=1S/C20H26N4O2/c1-14-18(20(26)23-15(2)22-14)13-19(25)24-12-6-4-8-17(24)10-9-16-7-3-5-11-21-16/h3,5,7,11,17H,4,6,8-10,12-13H2,1-2H3,(H,22,23,26). The van der Waals surface area contributed by atoms with Gasteiger partial charge in [0, 0.05) is 35.7 Å². The van der Waals surface area contributed by atoms with Gasteiger partial charge in [0.05, 0.1) is 6.42 Å². The summed E-state index contributed by atoms with van der Waals surface area (Å²) < 4.78 is 0. The zero-order chi connectivity index (χ0) is 18.5. The second-order valence-electron chi connectivity index (χ2n) is 6.99. The van der Waals surface area contributed by atoms with E-state index >= 15 is 0 Å². The molecule has 0 saturated carbocycles. The van der Waals surface area contributed by atoms with E-state index in [1.165, 1.54) is 0 Å². The Labute approximate surface area is 153 Å². The lowest BCUT2D eigenvalue weighted by Gasteiger charge is -2.36. The summed E-state index contributed by atoms with van der Waals surface area (Å²) in [5.74, 6) is 0.602. The molecule has 1 aliphatic rings. The predicted molar refractivity (Wildman–Crippen MR) is 99.9 cm³/mol. The van der Waals surface area contributed by atoms with Crippen LogP contribution in [0.3, 0.4) is 0 Å². The molecule has 1 aliphatic heterocycles. The Morgan fingerprint density at radius 3 is 2.88 bits per heavy atom. The van der Waals surface area contributed by atoms with Crippen molar-refractivity contribution in [1.29, 1.82) is 0 Å². The van der Waals surface area contributed by atoms with Gasteiger partial charge in [0.2, 0.25) is 5.91 Å². The highest BCUT2D eigenvalue weighted by Gasteiger charge is 2.27. The van der Waals surface area contributed by atoms with E-state index in [0.29, 0.717) is 17.1 Å². The quantitative estimate of drug-likeness (QED) is 0.894. The van der Waals surface area contributed by atoms with Crippen LogP contribution >= 0.6 is 0 Å². The van der Waals surface area contributed by atoms with Crippen LogP contribution in [0.2, 0.25) is 0 Å². The van der Waals surface area contributed by atoms with Crippen molar-refractivity contribution in [2.75, 3.05) is 6.54 Å². The van der Waals surface area contributed by atoms with Crippen molar-refractivity contribution < 1.29 is 4.79 Å². The fourth-order valence-electron chi connectivity index (χ4n) is 3.70. The molecular formula is C20H26N4O2. The Morgan fingerprint density at radius 2 is 2.15 bits per heavy atom. The number of hydrogen-bond donors (Lipinski definition) is 1. The molecule has 0 radical (unpaired) electrons. The van der Waals surface area contributed by atoms with Gasteiger partial charge in [-0.15, -0.1) is 0 Å². The van der Waals surface area contributed by atoms with Crippen LogP contribution in [-0.2, 0) is 17.6 Å². The highest BCUT2D eigenvalue weighted by atomic mass is 16.2. The molecule has 2 aromatic heterocycles. The number of amides is 1. The Hall–Kier alpha value is -2.50. The lowest BCUT2D eigenvalue weighted by atomic mass is 9.96. The summed E-state index contributed by atoms with van der Waals surface area (Å²) in [4.78, 5) is 38.4. The zero-order valence-electron chi connectivity index (χ0n) is 15.5. The molecule has 0 aromatic carbocycles. The number of likely N-dealkylation sites (tertiary alicyclic amines) is 1. The van der Waals surface area contributed by atoms with Crippen LogP contribution in [0.25, 0.3) is 0 Å². The fourth-order valence-corrected chi connectivity index (χ4v) is 3.70. The third-order valence-corrected chi connectivity index (χ3v) is 5.08. The van der Waals surface area contributed by atoms with Gasteiger partial charge >= 0.3 is 0 Å². The second kappa shape index (κ2) is 8.25. The maximum absolute atomic E-state index is 12.9. The summed E-state index contributed by atoms with van der Waals surface area (Å²) in [6, 6.07) is 6.15. The number of piperidine rings is 1. The van der Waals surface area contributed by atoms with Crippen LogP contribution < -0.4 is 5.56 Å². The molecule has 0 bridgehead atoms. The third-order valence-electron chi connectivity index (χ3n) is 5.08. The summed E-state index contributed by atoms with van der Waals surface area (Å²) in [6.07, 6.45) is 6.87. The number of H-pyrrole nitrogens is 1. The molecule has 0 aliphatic carbocycles. The minimum Gasteiger partial charge on any atom is -0.339 e. The van der Waals surface area contributed by atoms with E-state index < -0.39 is 0 Å². The molecule has 6 heteroatoms. The van der Waals surface area contributed by atoms with Gasteiger partial charge < -0.3 is 9.88 Å². The number of rotatable bonds is 5. The molecule has 26 heavy (non-hydrogen) atoms. The number of aryl methyl sites for hydroxylation is 3. The number of carbonyl (C=O) groups excluding carboxylic acids is 1.